The highest BCUT2D eigenvalue weighted by atomic mass is 32.1. The van der Waals surface area contributed by atoms with Gasteiger partial charge >= 0.3 is 0 Å². The minimum absolute atomic E-state index is 0.0253. The van der Waals surface area contributed by atoms with Gasteiger partial charge in [0.15, 0.2) is 10.9 Å². The van der Waals surface area contributed by atoms with Gasteiger partial charge in [-0.2, -0.15) is 0 Å². The number of hydrogen-bond acceptors (Lipinski definition) is 5. The fraction of sp³-hybridized carbons (Fsp3) is 0.385. The Balaban J connectivity index is 2.21. The normalized spacial score (nSPS) is 10.9. The van der Waals surface area contributed by atoms with E-state index in [0.717, 1.165) is 11.7 Å². The highest BCUT2D eigenvalue weighted by Gasteiger charge is 2.16. The van der Waals surface area contributed by atoms with Gasteiger partial charge in [0, 0.05) is 23.2 Å². The average molecular weight is 280 g/mol. The molecule has 5 heteroatoms. The summed E-state index contributed by atoms with van der Waals surface area (Å²) in [6.07, 6.45) is 0. The Labute approximate surface area is 115 Å². The van der Waals surface area contributed by atoms with E-state index in [9.17, 15) is 4.79 Å². The van der Waals surface area contributed by atoms with Crippen molar-refractivity contribution in [2.45, 2.75) is 33.4 Å². The largest absolute Gasteiger partial charge is 0.341 e. The van der Waals surface area contributed by atoms with Crippen LogP contribution in [0.3, 0.4) is 0 Å². The standard InChI is InChI=1S/C13H16N2OS2/c1-9(2)15(7-11-5-4-6-17-11)13-14-12(8-18-13)10(3)16/h4-6,8-9H,7H2,1-3H3. The van der Waals surface area contributed by atoms with Gasteiger partial charge in [-0.15, -0.1) is 22.7 Å². The molecule has 0 aliphatic heterocycles. The molecular weight excluding hydrogens is 264 g/mol. The molecule has 0 aliphatic carbocycles. The van der Waals surface area contributed by atoms with Crippen LogP contribution in [-0.2, 0) is 6.54 Å². The number of nitrogens with zero attached hydrogens (tertiary/aromatic N) is 2. The summed E-state index contributed by atoms with van der Waals surface area (Å²) < 4.78 is 0. The number of carbonyl (C=O) groups is 1. The van der Waals surface area contributed by atoms with Crippen molar-refractivity contribution in [2.75, 3.05) is 4.90 Å². The topological polar surface area (TPSA) is 33.2 Å². The molecule has 0 saturated carbocycles. The zero-order valence-electron chi connectivity index (χ0n) is 10.7. The van der Waals surface area contributed by atoms with Crippen LogP contribution in [0.5, 0.6) is 0 Å². The number of hydrogen-bond donors (Lipinski definition) is 0. The fourth-order valence-electron chi connectivity index (χ4n) is 1.60. The zero-order valence-corrected chi connectivity index (χ0v) is 12.3. The Morgan fingerprint density at radius 2 is 2.22 bits per heavy atom. The summed E-state index contributed by atoms with van der Waals surface area (Å²) in [5, 5.41) is 4.83. The lowest BCUT2D eigenvalue weighted by molar-refractivity contribution is 0.101. The molecule has 0 aliphatic rings. The number of aromatic nitrogens is 1. The van der Waals surface area contributed by atoms with Gasteiger partial charge in [0.2, 0.25) is 0 Å². The van der Waals surface area contributed by atoms with E-state index in [2.05, 4.69) is 41.2 Å². The van der Waals surface area contributed by atoms with E-state index in [1.165, 1.54) is 16.2 Å². The molecule has 2 aromatic rings. The smallest absolute Gasteiger partial charge is 0.186 e. The summed E-state index contributed by atoms with van der Waals surface area (Å²) in [5.74, 6) is 0.0253. The van der Waals surface area contributed by atoms with Crippen LogP contribution in [-0.4, -0.2) is 16.8 Å². The highest BCUT2D eigenvalue weighted by Crippen LogP contribution is 2.25. The van der Waals surface area contributed by atoms with Crippen molar-refractivity contribution in [2.24, 2.45) is 0 Å². The molecule has 2 aromatic heterocycles. The quantitative estimate of drug-likeness (QED) is 0.781. The maximum Gasteiger partial charge on any atom is 0.186 e. The minimum Gasteiger partial charge on any atom is -0.341 e. The Morgan fingerprint density at radius 3 is 2.72 bits per heavy atom. The summed E-state index contributed by atoms with van der Waals surface area (Å²) in [6.45, 7) is 6.68. The molecule has 96 valence electrons. The number of thiazole rings is 1. The fourth-order valence-corrected chi connectivity index (χ4v) is 3.30. The van der Waals surface area contributed by atoms with Gasteiger partial charge in [0.05, 0.1) is 6.54 Å². The van der Waals surface area contributed by atoms with Crippen LogP contribution in [0.2, 0.25) is 0 Å². The number of anilines is 1. The van der Waals surface area contributed by atoms with Crippen molar-refractivity contribution < 1.29 is 4.79 Å². The van der Waals surface area contributed by atoms with Crippen LogP contribution in [0.25, 0.3) is 0 Å². The third-order valence-corrected chi connectivity index (χ3v) is 4.37. The van der Waals surface area contributed by atoms with E-state index in [1.54, 1.807) is 18.3 Å². The van der Waals surface area contributed by atoms with Crippen molar-refractivity contribution >= 4 is 33.6 Å². The molecule has 0 unspecified atom stereocenters. The highest BCUT2D eigenvalue weighted by molar-refractivity contribution is 7.14. The van der Waals surface area contributed by atoms with E-state index >= 15 is 0 Å². The number of carbonyl (C=O) groups excluding carboxylic acids is 1. The molecule has 0 spiro atoms. The Bertz CT molecular complexity index is 517. The first kappa shape index (κ1) is 13.2. The maximum atomic E-state index is 11.3. The van der Waals surface area contributed by atoms with E-state index in [4.69, 9.17) is 0 Å². The third-order valence-electron chi connectivity index (χ3n) is 2.63. The molecule has 0 atom stereocenters. The van der Waals surface area contributed by atoms with Gasteiger partial charge in [-0.3, -0.25) is 4.79 Å². The molecule has 3 nitrogen and oxygen atoms in total. The van der Waals surface area contributed by atoms with Crippen LogP contribution in [0.4, 0.5) is 5.13 Å². The van der Waals surface area contributed by atoms with Crippen LogP contribution < -0.4 is 4.90 Å². The summed E-state index contributed by atoms with van der Waals surface area (Å²) in [7, 11) is 0. The van der Waals surface area contributed by atoms with Crippen molar-refractivity contribution in [3.8, 4) is 0 Å². The van der Waals surface area contributed by atoms with E-state index in [1.807, 2.05) is 5.38 Å². The van der Waals surface area contributed by atoms with Crippen molar-refractivity contribution in [3.05, 3.63) is 33.5 Å². The summed E-state index contributed by atoms with van der Waals surface area (Å²) in [4.78, 5) is 19.2. The molecule has 18 heavy (non-hydrogen) atoms. The zero-order chi connectivity index (χ0) is 13.1. The Hall–Kier alpha value is -1.20. The first-order valence-electron chi connectivity index (χ1n) is 5.83. The van der Waals surface area contributed by atoms with Crippen LogP contribution in [0.15, 0.2) is 22.9 Å². The molecule has 2 heterocycles. The lowest BCUT2D eigenvalue weighted by atomic mass is 10.3. The predicted octanol–water partition coefficient (Wildman–Crippen LogP) is 3.82. The first-order valence-corrected chi connectivity index (χ1v) is 7.59. The van der Waals surface area contributed by atoms with Gasteiger partial charge in [0.1, 0.15) is 5.69 Å². The monoisotopic (exact) mass is 280 g/mol. The van der Waals surface area contributed by atoms with Crippen molar-refractivity contribution in [1.82, 2.24) is 4.98 Å². The second kappa shape index (κ2) is 5.63. The lowest BCUT2D eigenvalue weighted by Crippen LogP contribution is -2.29. The van der Waals surface area contributed by atoms with Gasteiger partial charge in [-0.05, 0) is 25.3 Å². The number of thiophene rings is 1. The first-order chi connectivity index (χ1) is 8.58. The van der Waals surface area contributed by atoms with Gasteiger partial charge in [-0.25, -0.2) is 4.98 Å². The Kier molecular flexibility index (Phi) is 4.14. The molecular formula is C13H16N2OS2. The van der Waals surface area contributed by atoms with Gasteiger partial charge in [0.25, 0.3) is 0 Å². The third kappa shape index (κ3) is 2.97. The second-order valence-electron chi connectivity index (χ2n) is 4.37. The SMILES string of the molecule is CC(=O)c1csc(N(Cc2cccs2)C(C)C)n1. The lowest BCUT2D eigenvalue weighted by Gasteiger charge is -2.25. The number of rotatable bonds is 5. The minimum atomic E-state index is 0.0253. The Morgan fingerprint density at radius 1 is 1.44 bits per heavy atom. The predicted molar refractivity (Wildman–Crippen MR) is 77.8 cm³/mol. The van der Waals surface area contributed by atoms with Crippen LogP contribution in [0, 0.1) is 0 Å². The molecule has 0 N–H and O–H groups in total. The maximum absolute atomic E-state index is 11.3. The van der Waals surface area contributed by atoms with E-state index < -0.39 is 0 Å². The molecule has 0 amide bonds. The summed E-state index contributed by atoms with van der Waals surface area (Å²) in [6, 6.07) is 4.54. The van der Waals surface area contributed by atoms with Crippen LogP contribution in [0.1, 0.15) is 36.1 Å². The van der Waals surface area contributed by atoms with Gasteiger partial charge in [-0.1, -0.05) is 6.07 Å². The molecule has 0 bridgehead atoms. The van der Waals surface area contributed by atoms with Crippen LogP contribution >= 0.6 is 22.7 Å². The average Bonchev–Trinajstić information content (AvgIpc) is 2.96. The molecule has 2 rings (SSSR count). The second-order valence-corrected chi connectivity index (χ2v) is 6.24. The molecule has 0 fully saturated rings. The molecule has 0 aromatic carbocycles. The van der Waals surface area contributed by atoms with Crippen molar-refractivity contribution in [1.29, 1.82) is 0 Å². The van der Waals surface area contributed by atoms with Crippen molar-refractivity contribution in [3.63, 3.8) is 0 Å². The molecule has 0 radical (unpaired) electrons. The summed E-state index contributed by atoms with van der Waals surface area (Å²) in [5.41, 5.74) is 0.562. The summed E-state index contributed by atoms with van der Waals surface area (Å²) >= 11 is 3.28. The number of ketones is 1. The number of Topliss-reactive ketones (excluding diaryl/α,β-unsaturated/α-hetero) is 1. The molecule has 0 saturated heterocycles. The van der Waals surface area contributed by atoms with E-state index in [-0.39, 0.29) is 5.78 Å². The van der Waals surface area contributed by atoms with E-state index in [0.29, 0.717) is 11.7 Å². The van der Waals surface area contributed by atoms with Gasteiger partial charge < -0.3 is 4.90 Å².